The SMILES string of the molecule is CCNC(=NCCCOCC1CC1)NN. The number of nitrogens with zero attached hydrogens (tertiary/aromatic N) is 1. The third-order valence-electron chi connectivity index (χ3n) is 2.25. The average molecular weight is 214 g/mol. The summed E-state index contributed by atoms with van der Waals surface area (Å²) in [5.41, 5.74) is 2.52. The normalized spacial score (nSPS) is 16.5. The van der Waals surface area contributed by atoms with Gasteiger partial charge in [0.2, 0.25) is 5.96 Å². The van der Waals surface area contributed by atoms with E-state index >= 15 is 0 Å². The summed E-state index contributed by atoms with van der Waals surface area (Å²) in [6.07, 6.45) is 3.64. The highest BCUT2D eigenvalue weighted by Gasteiger charge is 2.20. The van der Waals surface area contributed by atoms with E-state index in [0.29, 0.717) is 5.96 Å². The summed E-state index contributed by atoms with van der Waals surface area (Å²) < 4.78 is 5.49. The van der Waals surface area contributed by atoms with Crippen molar-refractivity contribution in [3.05, 3.63) is 0 Å². The number of hydrogen-bond acceptors (Lipinski definition) is 3. The number of aliphatic imine (C=N–C) groups is 1. The van der Waals surface area contributed by atoms with Gasteiger partial charge in [-0.25, -0.2) is 5.84 Å². The first-order valence-corrected chi connectivity index (χ1v) is 5.69. The second-order valence-electron chi connectivity index (χ2n) is 3.78. The summed E-state index contributed by atoms with van der Waals surface area (Å²) >= 11 is 0. The summed E-state index contributed by atoms with van der Waals surface area (Å²) in [6.45, 7) is 5.30. The van der Waals surface area contributed by atoms with Crippen LogP contribution in [0.25, 0.3) is 0 Å². The predicted octanol–water partition coefficient (Wildman–Crippen LogP) is 0.232. The minimum Gasteiger partial charge on any atom is -0.381 e. The third kappa shape index (κ3) is 6.30. The van der Waals surface area contributed by atoms with Crippen molar-refractivity contribution in [3.63, 3.8) is 0 Å². The fourth-order valence-electron chi connectivity index (χ4n) is 1.21. The molecule has 0 heterocycles. The summed E-state index contributed by atoms with van der Waals surface area (Å²) in [5, 5.41) is 3.02. The van der Waals surface area contributed by atoms with Crippen LogP contribution in [0.2, 0.25) is 0 Å². The maximum atomic E-state index is 5.49. The van der Waals surface area contributed by atoms with Gasteiger partial charge in [0.15, 0.2) is 0 Å². The standard InChI is InChI=1S/C10H22N4O/c1-2-12-10(14-11)13-6-3-7-15-8-9-4-5-9/h9H,2-8,11H2,1H3,(H2,12,13,14). The third-order valence-corrected chi connectivity index (χ3v) is 2.25. The zero-order chi connectivity index (χ0) is 10.9. The van der Waals surface area contributed by atoms with Crippen molar-refractivity contribution in [3.8, 4) is 0 Å². The molecule has 1 saturated carbocycles. The minimum absolute atomic E-state index is 0.652. The molecule has 1 aliphatic carbocycles. The van der Waals surface area contributed by atoms with E-state index in [4.69, 9.17) is 10.6 Å². The first-order valence-electron chi connectivity index (χ1n) is 5.69. The molecule has 0 bridgehead atoms. The Morgan fingerprint density at radius 3 is 2.93 bits per heavy atom. The van der Waals surface area contributed by atoms with Crippen molar-refractivity contribution in [1.82, 2.24) is 10.7 Å². The van der Waals surface area contributed by atoms with Crippen molar-refractivity contribution < 1.29 is 4.74 Å². The number of hydrogen-bond donors (Lipinski definition) is 3. The molecule has 0 aliphatic heterocycles. The second kappa shape index (κ2) is 7.48. The molecule has 1 fully saturated rings. The molecule has 4 N–H and O–H groups in total. The van der Waals surface area contributed by atoms with Crippen molar-refractivity contribution in [2.24, 2.45) is 16.8 Å². The average Bonchev–Trinajstić information content (AvgIpc) is 3.05. The van der Waals surface area contributed by atoms with Gasteiger partial charge in [-0.2, -0.15) is 0 Å². The first kappa shape index (κ1) is 12.3. The van der Waals surface area contributed by atoms with Crippen LogP contribution in [-0.2, 0) is 4.74 Å². The Hall–Kier alpha value is -0.810. The summed E-state index contributed by atoms with van der Waals surface area (Å²) in [6, 6.07) is 0. The molecular formula is C10H22N4O. The van der Waals surface area contributed by atoms with Gasteiger partial charge in [0, 0.05) is 26.3 Å². The van der Waals surface area contributed by atoms with Crippen LogP contribution in [0, 0.1) is 5.92 Å². The van der Waals surface area contributed by atoms with E-state index in [9.17, 15) is 0 Å². The molecule has 0 spiro atoms. The monoisotopic (exact) mass is 214 g/mol. The van der Waals surface area contributed by atoms with Crippen LogP contribution in [0.15, 0.2) is 4.99 Å². The Balaban J connectivity index is 1.92. The number of nitrogens with two attached hydrogens (primary N) is 1. The Morgan fingerprint density at radius 2 is 2.33 bits per heavy atom. The fraction of sp³-hybridized carbons (Fsp3) is 0.900. The molecule has 1 rings (SSSR count). The summed E-state index contributed by atoms with van der Waals surface area (Å²) in [5.74, 6) is 6.77. The first-order chi connectivity index (χ1) is 7.36. The number of nitrogens with one attached hydrogen (secondary N) is 2. The highest BCUT2D eigenvalue weighted by Crippen LogP contribution is 2.28. The summed E-state index contributed by atoms with van der Waals surface area (Å²) in [7, 11) is 0. The van der Waals surface area contributed by atoms with Crippen LogP contribution < -0.4 is 16.6 Å². The zero-order valence-corrected chi connectivity index (χ0v) is 9.46. The number of guanidine groups is 1. The van der Waals surface area contributed by atoms with E-state index < -0.39 is 0 Å². The van der Waals surface area contributed by atoms with Gasteiger partial charge in [0.05, 0.1) is 0 Å². The second-order valence-corrected chi connectivity index (χ2v) is 3.78. The molecule has 0 radical (unpaired) electrons. The topological polar surface area (TPSA) is 71.7 Å². The Labute approximate surface area is 91.4 Å². The van der Waals surface area contributed by atoms with E-state index in [1.54, 1.807) is 0 Å². The van der Waals surface area contributed by atoms with Crippen LogP contribution in [-0.4, -0.2) is 32.3 Å². The highest BCUT2D eigenvalue weighted by molar-refractivity contribution is 5.78. The molecule has 5 nitrogen and oxygen atoms in total. The Morgan fingerprint density at radius 1 is 1.53 bits per heavy atom. The molecule has 0 atom stereocenters. The van der Waals surface area contributed by atoms with Crippen LogP contribution in [0.1, 0.15) is 26.2 Å². The van der Waals surface area contributed by atoms with Crippen molar-refractivity contribution in [1.29, 1.82) is 0 Å². The molecule has 0 unspecified atom stereocenters. The maximum Gasteiger partial charge on any atom is 0.205 e. The zero-order valence-electron chi connectivity index (χ0n) is 9.46. The molecule has 0 amide bonds. The van der Waals surface area contributed by atoms with E-state index in [2.05, 4.69) is 15.7 Å². The van der Waals surface area contributed by atoms with Gasteiger partial charge in [0.25, 0.3) is 0 Å². The van der Waals surface area contributed by atoms with Gasteiger partial charge in [-0.15, -0.1) is 0 Å². The number of ether oxygens (including phenoxy) is 1. The molecule has 0 aromatic carbocycles. The van der Waals surface area contributed by atoms with Crippen LogP contribution >= 0.6 is 0 Å². The molecule has 1 aliphatic rings. The fourth-order valence-corrected chi connectivity index (χ4v) is 1.21. The van der Waals surface area contributed by atoms with E-state index in [1.165, 1.54) is 12.8 Å². The lowest BCUT2D eigenvalue weighted by molar-refractivity contribution is 0.123. The van der Waals surface area contributed by atoms with Crippen LogP contribution in [0.4, 0.5) is 0 Å². The van der Waals surface area contributed by atoms with E-state index in [0.717, 1.165) is 38.6 Å². The highest BCUT2D eigenvalue weighted by atomic mass is 16.5. The number of hydrazine groups is 1. The Bertz CT molecular complexity index is 192. The molecular weight excluding hydrogens is 192 g/mol. The summed E-state index contributed by atoms with van der Waals surface area (Å²) in [4.78, 5) is 4.25. The van der Waals surface area contributed by atoms with E-state index in [1.807, 2.05) is 6.92 Å². The lowest BCUT2D eigenvalue weighted by Crippen LogP contribution is -2.41. The van der Waals surface area contributed by atoms with Gasteiger partial charge in [0.1, 0.15) is 0 Å². The molecule has 0 saturated heterocycles. The number of rotatable bonds is 7. The van der Waals surface area contributed by atoms with Gasteiger partial charge in [-0.05, 0) is 32.1 Å². The predicted molar refractivity (Wildman–Crippen MR) is 61.5 cm³/mol. The molecule has 5 heteroatoms. The largest absolute Gasteiger partial charge is 0.381 e. The minimum atomic E-state index is 0.652. The molecule has 15 heavy (non-hydrogen) atoms. The maximum absolute atomic E-state index is 5.49. The smallest absolute Gasteiger partial charge is 0.205 e. The quantitative estimate of drug-likeness (QED) is 0.186. The van der Waals surface area contributed by atoms with Crippen LogP contribution in [0.5, 0.6) is 0 Å². The van der Waals surface area contributed by atoms with E-state index in [-0.39, 0.29) is 0 Å². The Kier molecular flexibility index (Phi) is 6.11. The molecule has 0 aromatic rings. The lowest BCUT2D eigenvalue weighted by Gasteiger charge is -2.06. The van der Waals surface area contributed by atoms with Gasteiger partial charge >= 0.3 is 0 Å². The molecule has 0 aromatic heterocycles. The van der Waals surface area contributed by atoms with Gasteiger partial charge in [-0.3, -0.25) is 10.4 Å². The molecule has 88 valence electrons. The lowest BCUT2D eigenvalue weighted by atomic mass is 10.4. The van der Waals surface area contributed by atoms with Crippen molar-refractivity contribution in [2.45, 2.75) is 26.2 Å². The van der Waals surface area contributed by atoms with Crippen molar-refractivity contribution in [2.75, 3.05) is 26.3 Å². The van der Waals surface area contributed by atoms with Gasteiger partial charge < -0.3 is 10.1 Å². The van der Waals surface area contributed by atoms with Crippen LogP contribution in [0.3, 0.4) is 0 Å². The van der Waals surface area contributed by atoms with Gasteiger partial charge in [-0.1, -0.05) is 0 Å². The van der Waals surface area contributed by atoms with Crippen molar-refractivity contribution >= 4 is 5.96 Å².